The summed E-state index contributed by atoms with van der Waals surface area (Å²) in [5.41, 5.74) is 7.64. The average molecular weight is 386 g/mol. The molecule has 0 amide bonds. The van der Waals surface area contributed by atoms with Crippen molar-refractivity contribution >= 4 is 34.3 Å². The normalized spacial score (nSPS) is 12.5. The Morgan fingerprint density at radius 3 is 2.92 bits per heavy atom. The molecule has 0 unspecified atom stereocenters. The van der Waals surface area contributed by atoms with E-state index in [1.165, 1.54) is 22.7 Å². The zero-order valence-corrected chi connectivity index (χ0v) is 15.6. The van der Waals surface area contributed by atoms with Gasteiger partial charge in [-0.05, 0) is 29.3 Å². The third-order valence-electron chi connectivity index (χ3n) is 4.16. The van der Waals surface area contributed by atoms with Crippen molar-refractivity contribution in [3.63, 3.8) is 0 Å². The zero-order chi connectivity index (χ0) is 17.9. The fourth-order valence-electron chi connectivity index (χ4n) is 2.87. The van der Waals surface area contributed by atoms with Gasteiger partial charge in [0.05, 0.1) is 0 Å². The summed E-state index contributed by atoms with van der Waals surface area (Å²) in [6, 6.07) is 15.9. The number of fused-ring (bicyclic) bond motifs is 1. The van der Waals surface area contributed by atoms with Gasteiger partial charge in [0.1, 0.15) is 0 Å². The molecule has 4 N–H and O–H groups in total. The van der Waals surface area contributed by atoms with Crippen molar-refractivity contribution in [2.75, 3.05) is 0 Å². The van der Waals surface area contributed by atoms with Gasteiger partial charge in [-0.15, -0.1) is 10.2 Å². The van der Waals surface area contributed by atoms with Crippen LogP contribution in [0.4, 0.5) is 0 Å². The third-order valence-corrected chi connectivity index (χ3v) is 5.29. The van der Waals surface area contributed by atoms with Gasteiger partial charge in [0, 0.05) is 34.3 Å². The number of thioether (sulfide) groups is 1. The number of para-hydroxylation sites is 1. The summed E-state index contributed by atoms with van der Waals surface area (Å²) in [5.74, 6) is 1.29. The minimum atomic E-state index is -0.0952. The van der Waals surface area contributed by atoms with E-state index in [9.17, 15) is 0 Å². The van der Waals surface area contributed by atoms with Crippen LogP contribution in [0.1, 0.15) is 23.1 Å². The van der Waals surface area contributed by atoms with E-state index in [1.807, 2.05) is 42.6 Å². The molecule has 132 valence electrons. The van der Waals surface area contributed by atoms with Crippen LogP contribution < -0.4 is 5.73 Å². The van der Waals surface area contributed by atoms with Gasteiger partial charge in [-0.1, -0.05) is 53.7 Å². The molecule has 4 aromatic rings. The van der Waals surface area contributed by atoms with Crippen molar-refractivity contribution in [2.24, 2.45) is 0 Å². The number of aromatic amines is 1. The molecule has 0 fully saturated rings. The summed E-state index contributed by atoms with van der Waals surface area (Å²) in [4.78, 5) is 3.28. The van der Waals surface area contributed by atoms with Crippen molar-refractivity contribution in [2.45, 2.75) is 23.4 Å². The number of nitrogens with zero attached hydrogens (tertiary/aromatic N) is 2. The Kier molecular flexibility index (Phi) is 4.97. The molecular weight excluding hydrogens is 368 g/mol. The maximum absolute atomic E-state index is 6.01. The summed E-state index contributed by atoms with van der Waals surface area (Å²) < 4.78 is 5.79. The highest BCUT2D eigenvalue weighted by Crippen LogP contribution is 2.26. The van der Waals surface area contributed by atoms with E-state index in [4.69, 9.17) is 16.0 Å². The van der Waals surface area contributed by atoms with Crippen LogP contribution in [0.2, 0.25) is 5.02 Å². The van der Waals surface area contributed by atoms with Crippen LogP contribution >= 0.6 is 23.4 Å². The number of hydrogen-bond donors (Lipinski definition) is 2. The fourth-order valence-corrected chi connectivity index (χ4v) is 3.79. The minimum absolute atomic E-state index is 0.0952. The second kappa shape index (κ2) is 7.53. The lowest BCUT2D eigenvalue weighted by Crippen LogP contribution is -2.54. The second-order valence-electron chi connectivity index (χ2n) is 6.09. The van der Waals surface area contributed by atoms with Gasteiger partial charge in [-0.3, -0.25) is 0 Å². The highest BCUT2D eigenvalue weighted by molar-refractivity contribution is 7.98. The molecule has 4 rings (SSSR count). The summed E-state index contributed by atoms with van der Waals surface area (Å²) in [7, 11) is 0. The first-order chi connectivity index (χ1) is 12.7. The maximum Gasteiger partial charge on any atom is 0.277 e. The highest BCUT2D eigenvalue weighted by atomic mass is 35.5. The Labute approximate surface area is 159 Å². The molecule has 0 aliphatic rings. The molecule has 0 spiro atoms. The van der Waals surface area contributed by atoms with Crippen LogP contribution in [0.25, 0.3) is 10.9 Å². The number of H-pyrrole nitrogens is 1. The number of rotatable bonds is 6. The van der Waals surface area contributed by atoms with Crippen molar-refractivity contribution in [1.29, 1.82) is 0 Å². The van der Waals surface area contributed by atoms with E-state index in [2.05, 4.69) is 33.0 Å². The zero-order valence-electron chi connectivity index (χ0n) is 14.0. The largest absolute Gasteiger partial charge is 0.410 e. The second-order valence-corrected chi connectivity index (χ2v) is 7.45. The first kappa shape index (κ1) is 17.1. The minimum Gasteiger partial charge on any atom is -0.410 e. The first-order valence-electron chi connectivity index (χ1n) is 8.28. The Bertz CT molecular complexity index is 1030. The van der Waals surface area contributed by atoms with Gasteiger partial charge in [0.15, 0.2) is 6.04 Å². The molecule has 2 heterocycles. The number of nitrogens with one attached hydrogen (secondary N) is 1. The fraction of sp³-hybridized carbons (Fsp3) is 0.158. The Hall–Kier alpha value is -2.28. The lowest BCUT2D eigenvalue weighted by atomic mass is 10.1. The van der Waals surface area contributed by atoms with E-state index < -0.39 is 0 Å². The van der Waals surface area contributed by atoms with Crippen LogP contribution in [0, 0.1) is 0 Å². The van der Waals surface area contributed by atoms with Gasteiger partial charge in [-0.25, -0.2) is 0 Å². The van der Waals surface area contributed by atoms with Gasteiger partial charge in [0.2, 0.25) is 0 Å². The third kappa shape index (κ3) is 3.77. The molecule has 0 saturated heterocycles. The molecule has 7 heteroatoms. The molecule has 26 heavy (non-hydrogen) atoms. The van der Waals surface area contributed by atoms with E-state index in [0.717, 1.165) is 28.3 Å². The molecule has 5 nitrogen and oxygen atoms in total. The van der Waals surface area contributed by atoms with Crippen LogP contribution in [0.5, 0.6) is 0 Å². The van der Waals surface area contributed by atoms with Gasteiger partial charge in [-0.2, -0.15) is 0 Å². The van der Waals surface area contributed by atoms with Crippen molar-refractivity contribution < 1.29 is 10.2 Å². The van der Waals surface area contributed by atoms with E-state index in [1.54, 1.807) is 0 Å². The van der Waals surface area contributed by atoms with Gasteiger partial charge < -0.3 is 15.1 Å². The molecule has 0 saturated carbocycles. The Morgan fingerprint density at radius 1 is 1.15 bits per heavy atom. The number of quaternary nitrogens is 1. The molecule has 0 aliphatic carbocycles. The number of benzene rings is 2. The molecule has 2 aromatic heterocycles. The Balaban J connectivity index is 1.42. The molecule has 0 bridgehead atoms. The maximum atomic E-state index is 6.01. The Morgan fingerprint density at radius 2 is 2.04 bits per heavy atom. The van der Waals surface area contributed by atoms with Crippen LogP contribution in [0.15, 0.2) is 64.4 Å². The number of hydrogen-bond acceptors (Lipinski definition) is 4. The quantitative estimate of drug-likeness (QED) is 0.491. The van der Waals surface area contributed by atoms with E-state index in [-0.39, 0.29) is 6.04 Å². The van der Waals surface area contributed by atoms with E-state index in [0.29, 0.717) is 11.1 Å². The van der Waals surface area contributed by atoms with Crippen LogP contribution in [-0.4, -0.2) is 15.2 Å². The van der Waals surface area contributed by atoms with Crippen molar-refractivity contribution in [3.8, 4) is 0 Å². The standard InChI is InChI=1S/C19H17ClN4OS/c20-14-5-3-4-12(8-14)11-26-19-24-23-18(25-19)16(21)9-13-10-22-17-7-2-1-6-15(13)17/h1-8,10,16,22H,9,11,21H2/p+1/t16-/m0/s1. The molecule has 0 aliphatic heterocycles. The monoisotopic (exact) mass is 385 g/mol. The predicted molar refractivity (Wildman–Crippen MR) is 103 cm³/mol. The highest BCUT2D eigenvalue weighted by Gasteiger charge is 2.20. The smallest absolute Gasteiger partial charge is 0.277 e. The number of aromatic nitrogens is 3. The summed E-state index contributed by atoms with van der Waals surface area (Å²) in [6.45, 7) is 0. The number of halogens is 1. The van der Waals surface area contributed by atoms with Crippen molar-refractivity contribution in [1.82, 2.24) is 15.2 Å². The predicted octanol–water partition coefficient (Wildman–Crippen LogP) is 4.02. The SMILES string of the molecule is [NH3+][C@@H](Cc1c[nH]c2ccccc12)c1nnc(SCc2cccc(Cl)c2)o1. The van der Waals surface area contributed by atoms with Crippen LogP contribution in [-0.2, 0) is 12.2 Å². The average Bonchev–Trinajstić information content (AvgIpc) is 3.28. The molecule has 2 aromatic carbocycles. The van der Waals surface area contributed by atoms with E-state index >= 15 is 0 Å². The van der Waals surface area contributed by atoms with Gasteiger partial charge >= 0.3 is 0 Å². The summed E-state index contributed by atoms with van der Waals surface area (Å²) in [5, 5.41) is 10.8. The topological polar surface area (TPSA) is 82.4 Å². The first-order valence-corrected chi connectivity index (χ1v) is 9.64. The van der Waals surface area contributed by atoms with Gasteiger partial charge in [0.25, 0.3) is 11.1 Å². The lowest BCUT2D eigenvalue weighted by molar-refractivity contribution is -0.431. The molecule has 1 atom stereocenters. The molecule has 0 radical (unpaired) electrons. The van der Waals surface area contributed by atoms with Crippen LogP contribution in [0.3, 0.4) is 0 Å². The van der Waals surface area contributed by atoms with Crippen molar-refractivity contribution in [3.05, 3.63) is 76.8 Å². The summed E-state index contributed by atoms with van der Waals surface area (Å²) >= 11 is 7.51. The molecular formula is C19H18ClN4OS+. The lowest BCUT2D eigenvalue weighted by Gasteiger charge is -2.03. The summed E-state index contributed by atoms with van der Waals surface area (Å²) in [6.07, 6.45) is 2.76.